The fourth-order valence-corrected chi connectivity index (χ4v) is 4.76. The summed E-state index contributed by atoms with van der Waals surface area (Å²) in [5, 5.41) is 4.47. The Hall–Kier alpha value is -1.57. The number of ether oxygens (including phenoxy) is 1. The van der Waals surface area contributed by atoms with Gasteiger partial charge >= 0.3 is 6.09 Å². The molecule has 7 heteroatoms. The Balaban J connectivity index is 1.97. The predicted octanol–water partition coefficient (Wildman–Crippen LogP) is 5.18. The fraction of sp³-hybridized carbons (Fsp3) is 0.278. The lowest BCUT2D eigenvalue weighted by Gasteiger charge is -2.19. The van der Waals surface area contributed by atoms with Crippen LogP contribution in [0.4, 0.5) is 4.79 Å². The number of thioether (sulfide) groups is 1. The third kappa shape index (κ3) is 6.34. The molecular weight excluding hydrogens is 374 g/mol. The van der Waals surface area contributed by atoms with Crippen molar-refractivity contribution < 1.29 is 13.7 Å². The molecule has 1 aromatic carbocycles. The van der Waals surface area contributed by atoms with Crippen molar-refractivity contribution in [2.24, 2.45) is 0 Å². The smallest absolute Gasteiger partial charge is 0.407 e. The van der Waals surface area contributed by atoms with Gasteiger partial charge in [0.1, 0.15) is 5.60 Å². The van der Waals surface area contributed by atoms with E-state index in [1.54, 1.807) is 5.41 Å². The van der Waals surface area contributed by atoms with E-state index in [9.17, 15) is 9.00 Å². The van der Waals surface area contributed by atoms with E-state index in [0.717, 1.165) is 18.9 Å². The van der Waals surface area contributed by atoms with Crippen LogP contribution < -0.4 is 5.32 Å². The van der Waals surface area contributed by atoms with Gasteiger partial charge in [0.25, 0.3) is 0 Å². The van der Waals surface area contributed by atoms with Crippen LogP contribution in [-0.4, -0.2) is 15.9 Å². The van der Waals surface area contributed by atoms with Crippen molar-refractivity contribution >= 4 is 40.0 Å². The average Bonchev–Trinajstić information content (AvgIpc) is 3.01. The maximum atomic E-state index is 12.6. The number of hydrogen-bond donors (Lipinski definition) is 1. The molecule has 2 rings (SSSR count). The number of carbonyl (C=O) groups excluding carboxylic acids is 1. The van der Waals surface area contributed by atoms with Crippen LogP contribution in [-0.2, 0) is 22.1 Å². The summed E-state index contributed by atoms with van der Waals surface area (Å²) in [6.45, 7) is 9.48. The SMILES string of the molecule is C=CSc1ccc(S(=O)c2ccc(CNC(=O)OC(C)(C)C)s2)cc1. The molecule has 2 aromatic rings. The lowest BCUT2D eigenvalue weighted by atomic mass is 10.2. The number of benzene rings is 1. The summed E-state index contributed by atoms with van der Waals surface area (Å²) in [5.74, 6) is 0. The maximum Gasteiger partial charge on any atom is 0.407 e. The minimum atomic E-state index is -1.23. The van der Waals surface area contributed by atoms with Crippen LogP contribution >= 0.6 is 23.1 Å². The van der Waals surface area contributed by atoms with Crippen molar-refractivity contribution in [2.45, 2.75) is 46.9 Å². The third-order valence-electron chi connectivity index (χ3n) is 2.88. The van der Waals surface area contributed by atoms with Gasteiger partial charge in [0.15, 0.2) is 0 Å². The van der Waals surface area contributed by atoms with Crippen LogP contribution in [0.3, 0.4) is 0 Å². The van der Waals surface area contributed by atoms with Gasteiger partial charge in [-0.2, -0.15) is 0 Å². The van der Waals surface area contributed by atoms with E-state index in [1.165, 1.54) is 23.1 Å². The Bertz CT molecular complexity index is 761. The molecule has 1 N–H and O–H groups in total. The summed E-state index contributed by atoms with van der Waals surface area (Å²) in [4.78, 5) is 14.4. The second kappa shape index (κ2) is 8.69. The molecule has 25 heavy (non-hydrogen) atoms. The molecule has 0 radical (unpaired) electrons. The summed E-state index contributed by atoms with van der Waals surface area (Å²) in [6, 6.07) is 11.3. The normalized spacial score (nSPS) is 12.4. The lowest BCUT2D eigenvalue weighted by molar-refractivity contribution is 0.0524. The number of carbonyl (C=O) groups is 1. The molecule has 1 amide bonds. The molecule has 0 bridgehead atoms. The first kappa shape index (κ1) is 19.8. The Kier molecular flexibility index (Phi) is 6.87. The van der Waals surface area contributed by atoms with Crippen LogP contribution in [0.5, 0.6) is 0 Å². The summed E-state index contributed by atoms with van der Waals surface area (Å²) >= 11 is 2.94. The van der Waals surface area contributed by atoms with Crippen LogP contribution in [0.25, 0.3) is 0 Å². The highest BCUT2D eigenvalue weighted by molar-refractivity contribution is 8.02. The number of thiophene rings is 1. The zero-order valence-corrected chi connectivity index (χ0v) is 16.9. The maximum absolute atomic E-state index is 12.6. The van der Waals surface area contributed by atoms with E-state index in [4.69, 9.17) is 4.74 Å². The van der Waals surface area contributed by atoms with E-state index in [1.807, 2.05) is 57.2 Å². The van der Waals surface area contributed by atoms with Crippen molar-refractivity contribution in [2.75, 3.05) is 0 Å². The molecule has 0 saturated heterocycles. The molecule has 1 heterocycles. The van der Waals surface area contributed by atoms with Crippen LogP contribution in [0, 0.1) is 0 Å². The van der Waals surface area contributed by atoms with Gasteiger partial charge in [0, 0.05) is 14.7 Å². The van der Waals surface area contributed by atoms with Crippen molar-refractivity contribution in [1.29, 1.82) is 0 Å². The standard InChI is InChI=1S/C18H21NO3S3/c1-5-23-13-6-9-15(10-7-13)25(21)16-11-8-14(24-16)12-19-17(20)22-18(2,3)4/h5-11H,1,12H2,2-4H3,(H,19,20). The fourth-order valence-electron chi connectivity index (χ4n) is 1.88. The lowest BCUT2D eigenvalue weighted by Crippen LogP contribution is -2.31. The van der Waals surface area contributed by atoms with E-state index >= 15 is 0 Å². The Morgan fingerprint density at radius 1 is 1.28 bits per heavy atom. The minimum absolute atomic E-state index is 0.353. The highest BCUT2D eigenvalue weighted by Crippen LogP contribution is 2.26. The Morgan fingerprint density at radius 3 is 2.56 bits per heavy atom. The van der Waals surface area contributed by atoms with Crippen molar-refractivity contribution in [3.63, 3.8) is 0 Å². The zero-order chi connectivity index (χ0) is 18.4. The third-order valence-corrected chi connectivity index (χ3v) is 6.38. The van der Waals surface area contributed by atoms with Crippen LogP contribution in [0.1, 0.15) is 25.6 Å². The molecule has 0 aliphatic heterocycles. The van der Waals surface area contributed by atoms with E-state index in [0.29, 0.717) is 6.54 Å². The zero-order valence-electron chi connectivity index (χ0n) is 14.4. The molecule has 1 unspecified atom stereocenters. The van der Waals surface area contributed by atoms with Gasteiger partial charge in [-0.05, 0) is 62.6 Å². The van der Waals surface area contributed by atoms with Crippen LogP contribution in [0.2, 0.25) is 0 Å². The summed E-state index contributed by atoms with van der Waals surface area (Å²) in [5.41, 5.74) is -0.526. The quantitative estimate of drug-likeness (QED) is 0.685. The monoisotopic (exact) mass is 395 g/mol. The van der Waals surface area contributed by atoms with Gasteiger partial charge in [0.2, 0.25) is 0 Å². The van der Waals surface area contributed by atoms with E-state index in [2.05, 4.69) is 11.9 Å². The van der Waals surface area contributed by atoms with E-state index in [-0.39, 0.29) is 0 Å². The largest absolute Gasteiger partial charge is 0.444 e. The first-order chi connectivity index (χ1) is 11.8. The molecule has 0 aliphatic carbocycles. The summed E-state index contributed by atoms with van der Waals surface area (Å²) < 4.78 is 18.6. The highest BCUT2D eigenvalue weighted by Gasteiger charge is 2.16. The average molecular weight is 396 g/mol. The number of hydrogen-bond acceptors (Lipinski definition) is 5. The first-order valence-corrected chi connectivity index (χ1v) is 10.5. The van der Waals surface area contributed by atoms with Crippen molar-refractivity contribution in [3.05, 3.63) is 53.3 Å². The Labute approximate surface area is 159 Å². The minimum Gasteiger partial charge on any atom is -0.444 e. The molecule has 0 aliphatic rings. The molecular formula is C18H21NO3S3. The molecule has 1 atom stereocenters. The molecule has 0 spiro atoms. The van der Waals surface area contributed by atoms with Gasteiger partial charge in [-0.15, -0.1) is 11.3 Å². The van der Waals surface area contributed by atoms with Gasteiger partial charge in [-0.1, -0.05) is 18.3 Å². The Morgan fingerprint density at radius 2 is 1.96 bits per heavy atom. The number of rotatable bonds is 6. The topological polar surface area (TPSA) is 55.4 Å². The van der Waals surface area contributed by atoms with Gasteiger partial charge in [-0.3, -0.25) is 0 Å². The number of alkyl carbamates (subject to hydrolysis) is 1. The molecule has 0 saturated carbocycles. The number of amides is 1. The van der Waals surface area contributed by atoms with Gasteiger partial charge in [0.05, 0.1) is 21.6 Å². The van der Waals surface area contributed by atoms with Crippen molar-refractivity contribution in [1.82, 2.24) is 5.32 Å². The second-order valence-electron chi connectivity index (χ2n) is 6.10. The first-order valence-electron chi connectivity index (χ1n) is 7.63. The molecule has 4 nitrogen and oxygen atoms in total. The van der Waals surface area contributed by atoms with Gasteiger partial charge in [-0.25, -0.2) is 9.00 Å². The summed E-state index contributed by atoms with van der Waals surface area (Å²) in [6.07, 6.45) is -0.459. The molecule has 1 aromatic heterocycles. The number of nitrogens with one attached hydrogen (secondary N) is 1. The van der Waals surface area contributed by atoms with E-state index < -0.39 is 22.5 Å². The van der Waals surface area contributed by atoms with Crippen molar-refractivity contribution in [3.8, 4) is 0 Å². The summed E-state index contributed by atoms with van der Waals surface area (Å²) in [7, 11) is -1.23. The molecule has 134 valence electrons. The highest BCUT2D eigenvalue weighted by atomic mass is 32.2. The van der Waals surface area contributed by atoms with Gasteiger partial charge < -0.3 is 10.1 Å². The van der Waals surface area contributed by atoms with Crippen LogP contribution in [0.15, 0.2) is 62.4 Å². The second-order valence-corrected chi connectivity index (χ2v) is 10.0. The molecule has 0 fully saturated rings. The predicted molar refractivity (Wildman–Crippen MR) is 105 cm³/mol.